The van der Waals surface area contributed by atoms with Gasteiger partial charge in [0.05, 0.1) is 10.5 Å². The van der Waals surface area contributed by atoms with Crippen LogP contribution in [0.5, 0.6) is 11.5 Å². The first-order valence-corrected chi connectivity index (χ1v) is 13.0. The molecule has 0 saturated heterocycles. The molecule has 0 bridgehead atoms. The van der Waals surface area contributed by atoms with Crippen LogP contribution in [0.15, 0.2) is 95.9 Å². The van der Waals surface area contributed by atoms with Gasteiger partial charge in [-0.2, -0.15) is 0 Å². The Morgan fingerprint density at radius 1 is 0.921 bits per heavy atom. The molecular formula is C28H27N5O4S. The van der Waals surface area contributed by atoms with Gasteiger partial charge in [-0.1, -0.05) is 42.5 Å². The number of sulfonamides is 1. The van der Waals surface area contributed by atoms with E-state index in [9.17, 15) is 13.2 Å². The SMILES string of the molecule is CN(C)c1ccc(Oc2cccc(C(=N)N)c2)c(C(=O)Nc2ccc(-c3ccccc3S(N)(=O)=O)cc2)c1. The number of hydrogen-bond acceptors (Lipinski definition) is 6. The van der Waals surface area contributed by atoms with Crippen LogP contribution >= 0.6 is 0 Å². The number of primary sulfonamides is 1. The first-order valence-electron chi connectivity index (χ1n) is 11.5. The molecule has 4 aromatic rings. The zero-order valence-corrected chi connectivity index (χ0v) is 21.6. The molecule has 0 unspecified atom stereocenters. The molecule has 0 aliphatic carbocycles. The van der Waals surface area contributed by atoms with Gasteiger partial charge in [-0.25, -0.2) is 13.6 Å². The summed E-state index contributed by atoms with van der Waals surface area (Å²) in [7, 11) is -0.168. The lowest BCUT2D eigenvalue weighted by Gasteiger charge is -2.17. The van der Waals surface area contributed by atoms with Crippen LogP contribution in [0.4, 0.5) is 11.4 Å². The third-order valence-corrected chi connectivity index (χ3v) is 6.71. The topological polar surface area (TPSA) is 152 Å². The van der Waals surface area contributed by atoms with Gasteiger partial charge in [0.15, 0.2) is 0 Å². The number of nitrogens with one attached hydrogen (secondary N) is 2. The second-order valence-corrected chi connectivity index (χ2v) is 10.2. The van der Waals surface area contributed by atoms with Gasteiger partial charge in [0.2, 0.25) is 10.0 Å². The van der Waals surface area contributed by atoms with E-state index in [1.165, 1.54) is 6.07 Å². The number of rotatable bonds is 8. The van der Waals surface area contributed by atoms with Crippen molar-refractivity contribution in [3.8, 4) is 22.6 Å². The van der Waals surface area contributed by atoms with Crippen LogP contribution in [0, 0.1) is 5.41 Å². The molecule has 0 aliphatic heterocycles. The van der Waals surface area contributed by atoms with Crippen molar-refractivity contribution in [1.29, 1.82) is 5.41 Å². The van der Waals surface area contributed by atoms with Crippen LogP contribution in [0.3, 0.4) is 0 Å². The summed E-state index contributed by atoms with van der Waals surface area (Å²) >= 11 is 0. The lowest BCUT2D eigenvalue weighted by molar-refractivity contribution is 0.102. The van der Waals surface area contributed by atoms with E-state index in [-0.39, 0.29) is 10.7 Å². The average Bonchev–Trinajstić information content (AvgIpc) is 2.89. The zero-order chi connectivity index (χ0) is 27.4. The molecule has 38 heavy (non-hydrogen) atoms. The summed E-state index contributed by atoms with van der Waals surface area (Å²) in [5.41, 5.74) is 8.80. The van der Waals surface area contributed by atoms with Gasteiger partial charge in [0.25, 0.3) is 5.91 Å². The fourth-order valence-corrected chi connectivity index (χ4v) is 4.56. The summed E-state index contributed by atoms with van der Waals surface area (Å²) in [6, 6.07) is 25.2. The minimum absolute atomic E-state index is 0.0212. The van der Waals surface area contributed by atoms with Crippen molar-refractivity contribution in [1.82, 2.24) is 0 Å². The van der Waals surface area contributed by atoms with Gasteiger partial charge < -0.3 is 20.7 Å². The first-order chi connectivity index (χ1) is 18.0. The van der Waals surface area contributed by atoms with Crippen molar-refractivity contribution < 1.29 is 17.9 Å². The third kappa shape index (κ3) is 6.00. The molecule has 9 nitrogen and oxygen atoms in total. The van der Waals surface area contributed by atoms with Crippen LogP contribution in [-0.4, -0.2) is 34.3 Å². The molecule has 194 valence electrons. The summed E-state index contributed by atoms with van der Waals surface area (Å²) in [5.74, 6) is 0.269. The number of anilines is 2. The maximum Gasteiger partial charge on any atom is 0.259 e. The second-order valence-electron chi connectivity index (χ2n) is 8.69. The quantitative estimate of drug-likeness (QED) is 0.196. The van der Waals surface area contributed by atoms with E-state index in [4.69, 9.17) is 21.0 Å². The molecule has 0 aromatic heterocycles. The van der Waals surface area contributed by atoms with Crippen LogP contribution in [0.25, 0.3) is 11.1 Å². The van der Waals surface area contributed by atoms with Crippen molar-refractivity contribution in [2.75, 3.05) is 24.3 Å². The molecule has 4 aromatic carbocycles. The highest BCUT2D eigenvalue weighted by Gasteiger charge is 2.17. The number of amides is 1. The predicted octanol–water partition coefficient (Wildman–Crippen LogP) is 4.40. The minimum Gasteiger partial charge on any atom is -0.457 e. The number of benzene rings is 4. The maximum atomic E-state index is 13.4. The number of nitrogens with two attached hydrogens (primary N) is 2. The number of nitrogen functional groups attached to an aromatic ring is 1. The number of hydrogen-bond donors (Lipinski definition) is 4. The van der Waals surface area contributed by atoms with Crippen LogP contribution in [0.2, 0.25) is 0 Å². The monoisotopic (exact) mass is 529 g/mol. The Morgan fingerprint density at radius 2 is 1.63 bits per heavy atom. The van der Waals surface area contributed by atoms with E-state index in [1.54, 1.807) is 78.9 Å². The number of carbonyl (C=O) groups is 1. The second kappa shape index (κ2) is 10.8. The van der Waals surface area contributed by atoms with Gasteiger partial charge in [0.1, 0.15) is 17.3 Å². The average molecular weight is 530 g/mol. The molecule has 0 heterocycles. The lowest BCUT2D eigenvalue weighted by atomic mass is 10.1. The van der Waals surface area contributed by atoms with E-state index >= 15 is 0 Å². The molecule has 0 atom stereocenters. The summed E-state index contributed by atoms with van der Waals surface area (Å²) in [6.45, 7) is 0. The molecule has 6 N–H and O–H groups in total. The number of carbonyl (C=O) groups excluding carboxylic acids is 1. The number of nitrogens with zero attached hydrogens (tertiary/aromatic N) is 1. The van der Waals surface area contributed by atoms with Crippen molar-refractivity contribution in [2.24, 2.45) is 10.9 Å². The van der Waals surface area contributed by atoms with E-state index in [0.29, 0.717) is 39.4 Å². The maximum absolute atomic E-state index is 13.4. The fraction of sp³-hybridized carbons (Fsp3) is 0.0714. The predicted molar refractivity (Wildman–Crippen MR) is 150 cm³/mol. The van der Waals surface area contributed by atoms with Gasteiger partial charge in [0, 0.05) is 36.6 Å². The van der Waals surface area contributed by atoms with Crippen LogP contribution in [-0.2, 0) is 10.0 Å². The van der Waals surface area contributed by atoms with Crippen LogP contribution < -0.4 is 25.8 Å². The summed E-state index contributed by atoms with van der Waals surface area (Å²) in [6.07, 6.45) is 0. The molecule has 1 amide bonds. The third-order valence-electron chi connectivity index (χ3n) is 5.74. The largest absolute Gasteiger partial charge is 0.457 e. The Bertz CT molecular complexity index is 1620. The Hall–Kier alpha value is -4.67. The Morgan fingerprint density at radius 3 is 2.29 bits per heavy atom. The highest BCUT2D eigenvalue weighted by atomic mass is 32.2. The zero-order valence-electron chi connectivity index (χ0n) is 20.8. The molecule has 0 fully saturated rings. The Labute approximate surface area is 221 Å². The summed E-state index contributed by atoms with van der Waals surface area (Å²) in [4.78, 5) is 15.2. The lowest BCUT2D eigenvalue weighted by Crippen LogP contribution is -2.15. The minimum atomic E-state index is -3.90. The molecule has 4 rings (SSSR count). The smallest absolute Gasteiger partial charge is 0.259 e. The summed E-state index contributed by atoms with van der Waals surface area (Å²) < 4.78 is 30.0. The fourth-order valence-electron chi connectivity index (χ4n) is 3.80. The number of ether oxygens (including phenoxy) is 1. The molecular weight excluding hydrogens is 502 g/mol. The highest BCUT2D eigenvalue weighted by molar-refractivity contribution is 7.89. The normalized spacial score (nSPS) is 11.0. The van der Waals surface area contributed by atoms with Gasteiger partial charge in [-0.15, -0.1) is 0 Å². The Kier molecular flexibility index (Phi) is 7.47. The van der Waals surface area contributed by atoms with E-state index in [1.807, 2.05) is 25.1 Å². The molecule has 0 saturated carbocycles. The Balaban J connectivity index is 1.62. The molecule has 0 radical (unpaired) electrons. The highest BCUT2D eigenvalue weighted by Crippen LogP contribution is 2.31. The van der Waals surface area contributed by atoms with Crippen LogP contribution in [0.1, 0.15) is 15.9 Å². The first kappa shape index (κ1) is 26.4. The van der Waals surface area contributed by atoms with E-state index < -0.39 is 15.9 Å². The van der Waals surface area contributed by atoms with Crippen molar-refractivity contribution in [2.45, 2.75) is 4.90 Å². The number of amidine groups is 1. The van der Waals surface area contributed by atoms with Crippen molar-refractivity contribution in [3.63, 3.8) is 0 Å². The molecule has 0 aliphatic rings. The summed E-state index contributed by atoms with van der Waals surface area (Å²) in [5, 5.41) is 15.9. The molecule has 0 spiro atoms. The van der Waals surface area contributed by atoms with Crippen molar-refractivity contribution >= 4 is 33.1 Å². The van der Waals surface area contributed by atoms with Crippen molar-refractivity contribution in [3.05, 3.63) is 102 Å². The standard InChI is InChI=1S/C28H27N5O4S/c1-33(2)21-14-15-25(37-22-7-5-6-19(16-22)27(29)30)24(17-21)28(34)32-20-12-10-18(11-13-20)23-8-3-4-9-26(23)38(31,35)36/h3-17H,1-2H3,(H3,29,30)(H,32,34)(H2,31,35,36). The van der Waals surface area contributed by atoms with Gasteiger partial charge in [-0.05, 0) is 54.1 Å². The van der Waals surface area contributed by atoms with E-state index in [2.05, 4.69) is 5.32 Å². The van der Waals surface area contributed by atoms with E-state index in [0.717, 1.165) is 5.69 Å². The van der Waals surface area contributed by atoms with Gasteiger partial charge >= 0.3 is 0 Å². The molecule has 10 heteroatoms. The van der Waals surface area contributed by atoms with Gasteiger partial charge in [-0.3, -0.25) is 10.2 Å².